The molecule has 16 nitrogen and oxygen atoms in total. The Kier molecular flexibility index (Phi) is 14.7. The summed E-state index contributed by atoms with van der Waals surface area (Å²) >= 11 is 0. The predicted octanol–water partition coefficient (Wildman–Crippen LogP) is 5.55. The van der Waals surface area contributed by atoms with Crippen LogP contribution in [0.1, 0.15) is 87.8 Å². The maximum absolute atomic E-state index is 13.6. The molecular weight excluding hydrogens is 678 g/mol. The van der Waals surface area contributed by atoms with Crippen LogP contribution in [0.2, 0.25) is 0 Å². The van der Waals surface area contributed by atoms with Crippen molar-refractivity contribution in [3.63, 3.8) is 0 Å². The van der Waals surface area contributed by atoms with Crippen molar-refractivity contribution in [2.45, 2.75) is 111 Å². The number of amides is 4. The molecule has 3 atom stereocenters. The molecule has 286 valence electrons. The first-order chi connectivity index (χ1) is 23.9. The van der Waals surface area contributed by atoms with E-state index in [4.69, 9.17) is 18.9 Å². The van der Waals surface area contributed by atoms with Crippen LogP contribution in [0.3, 0.4) is 0 Å². The molecule has 0 aliphatic rings. The van der Waals surface area contributed by atoms with E-state index in [1.165, 1.54) is 43.3 Å². The van der Waals surface area contributed by atoms with Gasteiger partial charge in [-0.3, -0.25) is 24.5 Å². The summed E-state index contributed by atoms with van der Waals surface area (Å²) in [5.74, 6) is -2.21. The Balaban J connectivity index is 2.20. The largest absolute Gasteiger partial charge is 0.514 e. The quantitative estimate of drug-likeness (QED) is 0.0818. The number of hydrogen-bond acceptors (Lipinski definition) is 11. The van der Waals surface area contributed by atoms with Crippen molar-refractivity contribution in [2.24, 2.45) is 5.92 Å². The van der Waals surface area contributed by atoms with Crippen molar-refractivity contribution in [1.82, 2.24) is 16.0 Å². The van der Waals surface area contributed by atoms with Gasteiger partial charge in [-0.2, -0.15) is 0 Å². The number of hydrogen-bond donors (Lipinski definition) is 4. The van der Waals surface area contributed by atoms with Crippen molar-refractivity contribution in [2.75, 3.05) is 11.9 Å². The second-order valence-corrected chi connectivity index (χ2v) is 15.1. The number of nitro benzene ring substituents is 1. The summed E-state index contributed by atoms with van der Waals surface area (Å²) in [6.45, 7) is 19.2. The summed E-state index contributed by atoms with van der Waals surface area (Å²) < 4.78 is 21.7. The smallest absolute Gasteiger partial charge is 0.444 e. The van der Waals surface area contributed by atoms with E-state index in [0.29, 0.717) is 5.69 Å². The zero-order chi connectivity index (χ0) is 39.6. The van der Waals surface area contributed by atoms with Crippen LogP contribution in [0.25, 0.3) is 0 Å². The summed E-state index contributed by atoms with van der Waals surface area (Å²) in [5, 5.41) is 21.6. The first kappa shape index (κ1) is 42.9. The average Bonchev–Trinajstić information content (AvgIpc) is 3.00. The van der Waals surface area contributed by atoms with Crippen LogP contribution in [0, 0.1) is 16.0 Å². The van der Waals surface area contributed by atoms with Gasteiger partial charge in [0.1, 0.15) is 23.4 Å². The minimum atomic E-state index is -1.52. The van der Waals surface area contributed by atoms with Crippen molar-refractivity contribution < 1.29 is 47.8 Å². The fourth-order valence-electron chi connectivity index (χ4n) is 4.29. The topological polar surface area (TPSA) is 214 Å². The third kappa shape index (κ3) is 14.9. The lowest BCUT2D eigenvalue weighted by Crippen LogP contribution is -2.54. The highest BCUT2D eigenvalue weighted by atomic mass is 16.7. The first-order valence-electron chi connectivity index (χ1n) is 16.7. The van der Waals surface area contributed by atoms with E-state index in [9.17, 15) is 34.1 Å². The van der Waals surface area contributed by atoms with Gasteiger partial charge >= 0.3 is 12.2 Å². The van der Waals surface area contributed by atoms with Crippen LogP contribution in [-0.4, -0.2) is 70.3 Å². The third-order valence-corrected chi connectivity index (χ3v) is 6.88. The minimum absolute atomic E-state index is 0.0479. The van der Waals surface area contributed by atoms with E-state index < -0.39 is 69.8 Å². The lowest BCUT2D eigenvalue weighted by Gasteiger charge is -2.31. The van der Waals surface area contributed by atoms with Crippen LogP contribution in [0.4, 0.5) is 21.0 Å². The fraction of sp³-hybridized carbons (Fsp3) is 0.528. The molecule has 0 heterocycles. The van der Waals surface area contributed by atoms with Gasteiger partial charge in [-0.15, -0.1) is 0 Å². The van der Waals surface area contributed by atoms with Crippen LogP contribution in [0.15, 0.2) is 48.5 Å². The highest BCUT2D eigenvalue weighted by molar-refractivity contribution is 5.98. The van der Waals surface area contributed by atoms with E-state index in [1.54, 1.807) is 48.5 Å². The second kappa shape index (κ2) is 17.8. The van der Waals surface area contributed by atoms with Gasteiger partial charge in [-0.25, -0.2) is 9.59 Å². The van der Waals surface area contributed by atoms with Gasteiger partial charge in [-0.05, 0) is 92.5 Å². The number of nitro groups is 1. The number of carbonyl (C=O) groups is 5. The number of nitrogens with one attached hydrogen (secondary N) is 4. The molecule has 0 fully saturated rings. The molecule has 0 saturated carbocycles. The van der Waals surface area contributed by atoms with Gasteiger partial charge in [0.15, 0.2) is 0 Å². The average molecular weight is 730 g/mol. The second-order valence-electron chi connectivity index (χ2n) is 15.1. The predicted molar refractivity (Wildman–Crippen MR) is 192 cm³/mol. The molecule has 16 heteroatoms. The van der Waals surface area contributed by atoms with Gasteiger partial charge in [0.2, 0.25) is 17.9 Å². The van der Waals surface area contributed by atoms with E-state index >= 15 is 0 Å². The molecule has 2 aromatic carbocycles. The normalized spacial score (nSPS) is 13.5. The lowest BCUT2D eigenvalue weighted by atomic mass is 10.0. The van der Waals surface area contributed by atoms with Gasteiger partial charge < -0.3 is 40.2 Å². The first-order valence-corrected chi connectivity index (χ1v) is 16.7. The number of benzene rings is 2. The molecular formula is C36H51N5O11. The fourth-order valence-corrected chi connectivity index (χ4v) is 4.29. The van der Waals surface area contributed by atoms with Crippen LogP contribution in [0.5, 0.6) is 5.75 Å². The van der Waals surface area contributed by atoms with Crippen molar-refractivity contribution in [3.05, 3.63) is 64.2 Å². The lowest BCUT2D eigenvalue weighted by molar-refractivity contribution is -0.384. The van der Waals surface area contributed by atoms with Gasteiger partial charge in [-0.1, -0.05) is 26.0 Å². The van der Waals surface area contributed by atoms with Gasteiger partial charge in [0.25, 0.3) is 11.6 Å². The number of carbonyl (C=O) groups excluding carboxylic acids is 5. The molecule has 0 aliphatic heterocycles. The number of anilines is 1. The third-order valence-electron chi connectivity index (χ3n) is 6.88. The maximum Gasteiger partial charge on any atom is 0.514 e. The molecule has 2 aromatic rings. The van der Waals surface area contributed by atoms with Crippen molar-refractivity contribution in [1.29, 1.82) is 0 Å². The molecule has 0 spiro atoms. The summed E-state index contributed by atoms with van der Waals surface area (Å²) in [4.78, 5) is 75.0. The number of ether oxygens (including phenoxy) is 4. The minimum Gasteiger partial charge on any atom is -0.444 e. The van der Waals surface area contributed by atoms with Gasteiger partial charge in [0, 0.05) is 23.4 Å². The summed E-state index contributed by atoms with van der Waals surface area (Å²) in [7, 11) is 0. The Morgan fingerprint density at radius 1 is 0.769 bits per heavy atom. The Bertz CT molecular complexity index is 1580. The highest BCUT2D eigenvalue weighted by Gasteiger charge is 2.33. The molecule has 2 rings (SSSR count). The number of rotatable bonds is 14. The number of alkyl carbamates (subject to hydrolysis) is 1. The molecule has 52 heavy (non-hydrogen) atoms. The molecule has 0 radical (unpaired) electrons. The Labute approximate surface area is 303 Å². The Morgan fingerprint density at radius 3 is 1.85 bits per heavy atom. The molecule has 4 N–H and O–H groups in total. The Hall–Kier alpha value is -5.25. The molecule has 0 saturated heterocycles. The van der Waals surface area contributed by atoms with E-state index in [0.717, 1.165) is 12.1 Å². The monoisotopic (exact) mass is 729 g/mol. The zero-order valence-electron chi connectivity index (χ0n) is 31.6. The molecule has 4 amide bonds. The van der Waals surface area contributed by atoms with E-state index in [1.807, 2.05) is 20.8 Å². The van der Waals surface area contributed by atoms with Crippen molar-refractivity contribution >= 4 is 41.3 Å². The SMILES string of the molecule is CC(C)[C@H](NC(=O)OC(C)(C)C)C(=O)N[C@@H](C)C(=O)Nc1ccc(C(OC(=O)Oc2ccc([N+](=O)[O-])cc2)C(=O)NC(C)(C)COC(C)(C)C)cc1. The molecule has 1 unspecified atom stereocenters. The van der Waals surface area contributed by atoms with Crippen molar-refractivity contribution in [3.8, 4) is 5.75 Å². The van der Waals surface area contributed by atoms with Gasteiger partial charge in [0.05, 0.1) is 22.7 Å². The molecule has 0 bridgehead atoms. The zero-order valence-corrected chi connectivity index (χ0v) is 31.6. The van der Waals surface area contributed by atoms with Crippen LogP contribution < -0.4 is 26.0 Å². The highest BCUT2D eigenvalue weighted by Crippen LogP contribution is 2.24. The molecule has 0 aliphatic carbocycles. The van der Waals surface area contributed by atoms with Crippen LogP contribution in [-0.2, 0) is 28.6 Å². The summed E-state index contributed by atoms with van der Waals surface area (Å²) in [6, 6.07) is 8.60. The van der Waals surface area contributed by atoms with E-state index in [2.05, 4.69) is 21.3 Å². The number of non-ortho nitro benzene ring substituents is 1. The standard InChI is InChI=1S/C36H51N5O11/c1-21(2)27(39-32(45)52-35(7,8)9)30(43)37-22(3)29(42)38-24-14-12-23(13-15-24)28(31(44)40-36(10,11)20-49-34(4,5)6)51-33(46)50-26-18-16-25(17-19-26)41(47)48/h12-19,21-22,27-28H,20H2,1-11H3,(H,37,43)(H,38,42)(H,39,45)(H,40,44)/t22-,27-,28?/m0/s1. The Morgan fingerprint density at radius 2 is 1.35 bits per heavy atom. The van der Waals surface area contributed by atoms with Crippen LogP contribution >= 0.6 is 0 Å². The summed E-state index contributed by atoms with van der Waals surface area (Å²) in [6.07, 6.45) is -3.54. The number of nitrogens with zero attached hydrogens (tertiary/aromatic N) is 1. The molecule has 0 aromatic heterocycles. The van der Waals surface area contributed by atoms with E-state index in [-0.39, 0.29) is 29.5 Å². The summed E-state index contributed by atoms with van der Waals surface area (Å²) in [5.41, 5.74) is -1.83. The maximum atomic E-state index is 13.6.